The Morgan fingerprint density at radius 2 is 2.00 bits per heavy atom. The second-order valence-electron chi connectivity index (χ2n) is 1.41. The van der Waals surface area contributed by atoms with Gasteiger partial charge in [0.25, 0.3) is 0 Å². The standard InChI is InChI=1S/C4H7BF2/c1-2-4(6,7)3-5/h2-3H2,1H3. The number of alkyl halides is 2. The average Bonchev–Trinajstić information content (AvgIpc) is 1.68. The molecular formula is C4H7BF2. The predicted molar refractivity (Wildman–Crippen MR) is 25.8 cm³/mol. The van der Waals surface area contributed by atoms with Gasteiger partial charge in [-0.15, -0.1) is 0 Å². The van der Waals surface area contributed by atoms with Gasteiger partial charge in [-0.2, -0.15) is 0 Å². The molecule has 0 aliphatic heterocycles. The molecule has 0 spiro atoms. The molecule has 3 heteroatoms. The molecule has 0 aliphatic carbocycles. The molecule has 2 radical (unpaired) electrons. The summed E-state index contributed by atoms with van der Waals surface area (Å²) in [7, 11) is 4.67. The molecule has 0 bridgehead atoms. The summed E-state index contributed by atoms with van der Waals surface area (Å²) in [5.74, 6) is -2.64. The van der Waals surface area contributed by atoms with Crippen molar-refractivity contribution in [3.8, 4) is 0 Å². The average molecular weight is 104 g/mol. The molecule has 0 saturated carbocycles. The summed E-state index contributed by atoms with van der Waals surface area (Å²) in [6.07, 6.45) is -0.701. The van der Waals surface area contributed by atoms with Crippen LogP contribution in [0.25, 0.3) is 0 Å². The van der Waals surface area contributed by atoms with Gasteiger partial charge in [-0.05, 0) is 6.32 Å². The summed E-state index contributed by atoms with van der Waals surface area (Å²) in [5, 5.41) is 0. The van der Waals surface area contributed by atoms with Gasteiger partial charge in [0.05, 0.1) is 7.85 Å². The largest absolute Gasteiger partial charge is 0.240 e. The van der Waals surface area contributed by atoms with Gasteiger partial charge >= 0.3 is 0 Å². The first-order valence-corrected chi connectivity index (χ1v) is 2.20. The lowest BCUT2D eigenvalue weighted by Gasteiger charge is -2.08. The second-order valence-corrected chi connectivity index (χ2v) is 1.41. The minimum Gasteiger partial charge on any atom is -0.208 e. The van der Waals surface area contributed by atoms with Crippen molar-refractivity contribution in [3.05, 3.63) is 0 Å². The quantitative estimate of drug-likeness (QED) is 0.467. The van der Waals surface area contributed by atoms with Crippen LogP contribution < -0.4 is 0 Å². The van der Waals surface area contributed by atoms with Crippen LogP contribution in [-0.2, 0) is 0 Å². The van der Waals surface area contributed by atoms with E-state index in [4.69, 9.17) is 0 Å². The third-order valence-electron chi connectivity index (χ3n) is 0.816. The van der Waals surface area contributed by atoms with Crippen LogP contribution in [0.2, 0.25) is 6.32 Å². The first-order chi connectivity index (χ1) is 3.12. The lowest BCUT2D eigenvalue weighted by atomic mass is 9.97. The van der Waals surface area contributed by atoms with Crippen molar-refractivity contribution < 1.29 is 8.78 Å². The van der Waals surface area contributed by atoms with Crippen LogP contribution in [0.15, 0.2) is 0 Å². The van der Waals surface area contributed by atoms with Gasteiger partial charge < -0.3 is 0 Å². The topological polar surface area (TPSA) is 0 Å². The van der Waals surface area contributed by atoms with Crippen molar-refractivity contribution in [1.82, 2.24) is 0 Å². The van der Waals surface area contributed by atoms with Crippen LogP contribution in [0.3, 0.4) is 0 Å². The van der Waals surface area contributed by atoms with E-state index < -0.39 is 12.2 Å². The maximum absolute atomic E-state index is 11.8. The van der Waals surface area contributed by atoms with Gasteiger partial charge in [-0.3, -0.25) is 0 Å². The molecule has 0 nitrogen and oxygen atoms in total. The molecule has 0 rings (SSSR count). The molecule has 0 saturated heterocycles. The normalized spacial score (nSPS) is 11.9. The molecule has 0 amide bonds. The second kappa shape index (κ2) is 2.29. The van der Waals surface area contributed by atoms with Crippen molar-refractivity contribution in [2.75, 3.05) is 0 Å². The molecule has 0 heterocycles. The molecule has 0 aliphatic rings. The Morgan fingerprint density at radius 1 is 1.57 bits per heavy atom. The molecule has 0 unspecified atom stereocenters. The fourth-order valence-electron chi connectivity index (χ4n) is 0.144. The van der Waals surface area contributed by atoms with Gasteiger partial charge in [-0.1, -0.05) is 6.92 Å². The van der Waals surface area contributed by atoms with Crippen LogP contribution in [0, 0.1) is 0 Å². The fourth-order valence-corrected chi connectivity index (χ4v) is 0.144. The van der Waals surface area contributed by atoms with Crippen molar-refractivity contribution in [1.29, 1.82) is 0 Å². The van der Waals surface area contributed by atoms with Gasteiger partial charge in [0.15, 0.2) is 0 Å². The summed E-state index contributed by atoms with van der Waals surface area (Å²) in [6, 6.07) is 0. The van der Waals surface area contributed by atoms with Crippen molar-refractivity contribution in [2.24, 2.45) is 0 Å². The number of rotatable bonds is 2. The summed E-state index contributed by atoms with van der Waals surface area (Å²) in [5.41, 5.74) is 0. The molecule has 0 aromatic heterocycles. The van der Waals surface area contributed by atoms with E-state index in [2.05, 4.69) is 7.85 Å². The number of hydrogen-bond acceptors (Lipinski definition) is 0. The highest BCUT2D eigenvalue weighted by Crippen LogP contribution is 2.20. The van der Waals surface area contributed by atoms with Crippen LogP contribution >= 0.6 is 0 Å². The minimum atomic E-state index is -2.64. The molecule has 0 atom stereocenters. The molecular weight excluding hydrogens is 96.9 g/mol. The Balaban J connectivity index is 3.36. The molecule has 7 heavy (non-hydrogen) atoms. The van der Waals surface area contributed by atoms with Crippen molar-refractivity contribution in [2.45, 2.75) is 25.6 Å². The summed E-state index contributed by atoms with van der Waals surface area (Å²) >= 11 is 0. The monoisotopic (exact) mass is 104 g/mol. The van der Waals surface area contributed by atoms with E-state index in [-0.39, 0.29) is 6.42 Å². The summed E-state index contributed by atoms with van der Waals surface area (Å²) < 4.78 is 23.5. The highest BCUT2D eigenvalue weighted by Gasteiger charge is 2.21. The smallest absolute Gasteiger partial charge is 0.208 e. The molecule has 0 aromatic carbocycles. The van der Waals surface area contributed by atoms with Gasteiger partial charge in [-0.25, -0.2) is 8.78 Å². The first-order valence-electron chi connectivity index (χ1n) is 2.20. The Morgan fingerprint density at radius 3 is 2.00 bits per heavy atom. The van der Waals surface area contributed by atoms with E-state index in [9.17, 15) is 8.78 Å². The van der Waals surface area contributed by atoms with Crippen LogP contribution in [0.4, 0.5) is 8.78 Å². The van der Waals surface area contributed by atoms with Crippen molar-refractivity contribution >= 4 is 7.85 Å². The highest BCUT2D eigenvalue weighted by molar-refractivity contribution is 6.09. The lowest BCUT2D eigenvalue weighted by Crippen LogP contribution is -2.11. The van der Waals surface area contributed by atoms with E-state index >= 15 is 0 Å². The molecule has 40 valence electrons. The Labute approximate surface area is 43.3 Å². The zero-order valence-corrected chi connectivity index (χ0v) is 4.25. The van der Waals surface area contributed by atoms with Gasteiger partial charge in [0.1, 0.15) is 0 Å². The third-order valence-corrected chi connectivity index (χ3v) is 0.816. The van der Waals surface area contributed by atoms with Crippen LogP contribution in [-0.4, -0.2) is 13.8 Å². The zero-order chi connectivity index (χ0) is 5.91. The first kappa shape index (κ1) is 6.92. The maximum atomic E-state index is 11.8. The fraction of sp³-hybridized carbons (Fsp3) is 1.00. The van der Waals surface area contributed by atoms with E-state index in [0.717, 1.165) is 0 Å². The SMILES string of the molecule is [B]CC(F)(F)CC. The van der Waals surface area contributed by atoms with E-state index in [1.54, 1.807) is 0 Å². The van der Waals surface area contributed by atoms with Crippen LogP contribution in [0.1, 0.15) is 13.3 Å². The van der Waals surface area contributed by atoms with E-state index in [1.165, 1.54) is 6.92 Å². The maximum Gasteiger partial charge on any atom is 0.240 e. The summed E-state index contributed by atoms with van der Waals surface area (Å²) in [6.45, 7) is 1.41. The molecule has 0 fully saturated rings. The van der Waals surface area contributed by atoms with Gasteiger partial charge in [0, 0.05) is 6.42 Å². The lowest BCUT2D eigenvalue weighted by molar-refractivity contribution is 0.0189. The van der Waals surface area contributed by atoms with E-state index in [0.29, 0.717) is 0 Å². The van der Waals surface area contributed by atoms with E-state index in [1.807, 2.05) is 0 Å². The molecule has 0 aromatic rings. The third kappa shape index (κ3) is 2.60. The Kier molecular flexibility index (Phi) is 2.26. The highest BCUT2D eigenvalue weighted by atomic mass is 19.3. The Bertz CT molecular complexity index is 47.7. The Hall–Kier alpha value is -0.0751. The van der Waals surface area contributed by atoms with Crippen molar-refractivity contribution in [3.63, 3.8) is 0 Å². The predicted octanol–water partition coefficient (Wildman–Crippen LogP) is 1.62. The molecule has 0 N–H and O–H groups in total. The summed E-state index contributed by atoms with van der Waals surface area (Å²) in [4.78, 5) is 0. The zero-order valence-electron chi connectivity index (χ0n) is 4.25. The minimum absolute atomic E-state index is 0.163. The number of hydrogen-bond donors (Lipinski definition) is 0. The number of halogens is 2. The van der Waals surface area contributed by atoms with Gasteiger partial charge in [0.2, 0.25) is 5.92 Å². The van der Waals surface area contributed by atoms with Crippen LogP contribution in [0.5, 0.6) is 0 Å².